The number of rotatable bonds is 8. The van der Waals surface area contributed by atoms with Gasteiger partial charge in [0.05, 0.1) is 32.6 Å². The first-order valence-electron chi connectivity index (χ1n) is 9.81. The maximum Gasteiger partial charge on any atom is 0.238 e. The van der Waals surface area contributed by atoms with E-state index in [0.29, 0.717) is 36.2 Å². The van der Waals surface area contributed by atoms with E-state index in [1.807, 2.05) is 19.9 Å². The van der Waals surface area contributed by atoms with Crippen molar-refractivity contribution in [2.45, 2.75) is 26.8 Å². The predicted molar refractivity (Wildman–Crippen MR) is 114 cm³/mol. The molecule has 2 aromatic rings. The number of nitrogens with one attached hydrogen (secondary N) is 1. The predicted octanol–water partition coefficient (Wildman–Crippen LogP) is 4.14. The Bertz CT molecular complexity index is 872. The fourth-order valence-corrected chi connectivity index (χ4v) is 3.64. The van der Waals surface area contributed by atoms with E-state index in [2.05, 4.69) is 16.3 Å². The third kappa shape index (κ3) is 5.34. The zero-order valence-electron chi connectivity index (χ0n) is 17.1. The largest absolute Gasteiger partial charge is 0.495 e. The number of nitrogens with zero attached hydrogens (tertiary/aromatic N) is 1. The lowest BCUT2D eigenvalue weighted by atomic mass is 9.98. The monoisotopic (exact) mass is 418 g/mol. The summed E-state index contributed by atoms with van der Waals surface area (Å²) in [7, 11) is 1.56. The SMILES string of the molecule is CCOc1cc2c(cc1OCC)CN(CC(=O)Nc1cc(Cl)ccc1OC)CC2. The molecule has 1 heterocycles. The van der Waals surface area contributed by atoms with E-state index in [9.17, 15) is 4.79 Å². The molecule has 7 heteroatoms. The number of amides is 1. The fourth-order valence-electron chi connectivity index (χ4n) is 3.46. The van der Waals surface area contributed by atoms with Gasteiger partial charge in [-0.25, -0.2) is 0 Å². The van der Waals surface area contributed by atoms with E-state index in [-0.39, 0.29) is 12.5 Å². The zero-order valence-corrected chi connectivity index (χ0v) is 17.8. The standard InChI is InChI=1S/C22H27ClN2O4/c1-4-28-20-10-15-8-9-25(13-16(15)11-21(20)29-5-2)14-22(26)24-18-12-17(23)6-7-19(18)27-3/h6-7,10-12H,4-5,8-9,13-14H2,1-3H3,(H,24,26). The first-order valence-corrected chi connectivity index (χ1v) is 10.2. The first kappa shape index (κ1) is 21.3. The summed E-state index contributed by atoms with van der Waals surface area (Å²) in [6, 6.07) is 9.25. The van der Waals surface area contributed by atoms with Crippen molar-refractivity contribution in [2.24, 2.45) is 0 Å². The second-order valence-corrected chi connectivity index (χ2v) is 7.22. The molecule has 29 heavy (non-hydrogen) atoms. The molecule has 3 rings (SSSR count). The van der Waals surface area contributed by atoms with Crippen LogP contribution in [0.2, 0.25) is 5.02 Å². The van der Waals surface area contributed by atoms with Gasteiger partial charge in [0.15, 0.2) is 11.5 Å². The highest BCUT2D eigenvalue weighted by Crippen LogP contribution is 2.34. The van der Waals surface area contributed by atoms with Crippen LogP contribution < -0.4 is 19.5 Å². The normalized spacial score (nSPS) is 13.5. The van der Waals surface area contributed by atoms with Gasteiger partial charge >= 0.3 is 0 Å². The summed E-state index contributed by atoms with van der Waals surface area (Å²) in [6.45, 7) is 6.85. The third-order valence-electron chi connectivity index (χ3n) is 4.76. The minimum Gasteiger partial charge on any atom is -0.495 e. The van der Waals surface area contributed by atoms with Gasteiger partial charge in [0.2, 0.25) is 5.91 Å². The van der Waals surface area contributed by atoms with Crippen LogP contribution in [0.3, 0.4) is 0 Å². The number of benzene rings is 2. The molecule has 1 aliphatic rings. The molecular weight excluding hydrogens is 392 g/mol. The topological polar surface area (TPSA) is 60.0 Å². The Balaban J connectivity index is 1.68. The van der Waals surface area contributed by atoms with Crippen molar-refractivity contribution in [3.05, 3.63) is 46.5 Å². The summed E-state index contributed by atoms with van der Waals surface area (Å²) in [5.41, 5.74) is 2.98. The molecule has 0 unspecified atom stereocenters. The number of carbonyl (C=O) groups is 1. The van der Waals surface area contributed by atoms with E-state index in [4.69, 9.17) is 25.8 Å². The Hall–Kier alpha value is -2.44. The molecule has 6 nitrogen and oxygen atoms in total. The summed E-state index contributed by atoms with van der Waals surface area (Å²) in [6.07, 6.45) is 0.857. The number of fused-ring (bicyclic) bond motifs is 1. The maximum absolute atomic E-state index is 12.6. The fraction of sp³-hybridized carbons (Fsp3) is 0.409. The molecule has 0 aromatic heterocycles. The molecule has 0 aliphatic carbocycles. The lowest BCUT2D eigenvalue weighted by Gasteiger charge is -2.29. The van der Waals surface area contributed by atoms with Crippen molar-refractivity contribution in [1.29, 1.82) is 0 Å². The van der Waals surface area contributed by atoms with E-state index < -0.39 is 0 Å². The van der Waals surface area contributed by atoms with Crippen LogP contribution in [0.4, 0.5) is 5.69 Å². The first-order chi connectivity index (χ1) is 14.0. The highest BCUT2D eigenvalue weighted by molar-refractivity contribution is 6.31. The van der Waals surface area contributed by atoms with Crippen LogP contribution in [-0.2, 0) is 17.8 Å². The molecule has 0 spiro atoms. The van der Waals surface area contributed by atoms with Gasteiger partial charge in [-0.05, 0) is 61.7 Å². The molecule has 0 saturated carbocycles. The second-order valence-electron chi connectivity index (χ2n) is 6.79. The zero-order chi connectivity index (χ0) is 20.8. The minimum atomic E-state index is -0.106. The quantitative estimate of drug-likeness (QED) is 0.698. The van der Waals surface area contributed by atoms with Gasteiger partial charge in [0.1, 0.15) is 5.75 Å². The van der Waals surface area contributed by atoms with Crippen molar-refractivity contribution in [2.75, 3.05) is 38.7 Å². The summed E-state index contributed by atoms with van der Waals surface area (Å²) in [5, 5.41) is 3.44. The van der Waals surface area contributed by atoms with Gasteiger partial charge in [-0.1, -0.05) is 11.6 Å². The number of methoxy groups -OCH3 is 1. The third-order valence-corrected chi connectivity index (χ3v) is 4.99. The Labute approximate surface area is 176 Å². The van der Waals surface area contributed by atoms with Crippen molar-refractivity contribution in [1.82, 2.24) is 4.90 Å². The van der Waals surface area contributed by atoms with E-state index in [0.717, 1.165) is 30.0 Å². The molecular formula is C22H27ClN2O4. The number of anilines is 1. The van der Waals surface area contributed by atoms with Crippen LogP contribution in [0.15, 0.2) is 30.3 Å². The van der Waals surface area contributed by atoms with E-state index in [1.165, 1.54) is 5.56 Å². The molecule has 1 aliphatic heterocycles. The molecule has 156 valence electrons. The second kappa shape index (κ2) is 9.85. The Morgan fingerprint density at radius 2 is 1.76 bits per heavy atom. The van der Waals surface area contributed by atoms with Crippen LogP contribution in [0.5, 0.6) is 17.2 Å². The minimum absolute atomic E-state index is 0.106. The van der Waals surface area contributed by atoms with Crippen LogP contribution in [-0.4, -0.2) is 44.2 Å². The van der Waals surface area contributed by atoms with Crippen LogP contribution in [0.1, 0.15) is 25.0 Å². The number of halogens is 1. The molecule has 1 amide bonds. The highest BCUT2D eigenvalue weighted by atomic mass is 35.5. The average molecular weight is 419 g/mol. The Morgan fingerprint density at radius 3 is 2.41 bits per heavy atom. The van der Waals surface area contributed by atoms with Crippen molar-refractivity contribution < 1.29 is 19.0 Å². The number of ether oxygens (including phenoxy) is 3. The summed E-state index contributed by atoms with van der Waals surface area (Å²) >= 11 is 6.04. The molecule has 0 saturated heterocycles. The Morgan fingerprint density at radius 1 is 1.07 bits per heavy atom. The highest BCUT2D eigenvalue weighted by Gasteiger charge is 2.22. The van der Waals surface area contributed by atoms with Gasteiger partial charge in [-0.2, -0.15) is 0 Å². The lowest BCUT2D eigenvalue weighted by molar-refractivity contribution is -0.117. The van der Waals surface area contributed by atoms with Crippen molar-refractivity contribution in [3.63, 3.8) is 0 Å². The summed E-state index contributed by atoms with van der Waals surface area (Å²) < 4.78 is 16.8. The van der Waals surface area contributed by atoms with Gasteiger partial charge < -0.3 is 19.5 Å². The van der Waals surface area contributed by atoms with Crippen LogP contribution in [0, 0.1) is 0 Å². The molecule has 0 bridgehead atoms. The molecule has 0 fully saturated rings. The van der Waals surface area contributed by atoms with Gasteiger partial charge in [0, 0.05) is 18.1 Å². The number of hydrogen-bond donors (Lipinski definition) is 1. The summed E-state index contributed by atoms with van der Waals surface area (Å²) in [5.74, 6) is 2.01. The number of hydrogen-bond acceptors (Lipinski definition) is 5. The average Bonchev–Trinajstić information content (AvgIpc) is 2.69. The lowest BCUT2D eigenvalue weighted by Crippen LogP contribution is -2.37. The van der Waals surface area contributed by atoms with Crippen molar-refractivity contribution >= 4 is 23.2 Å². The van der Waals surface area contributed by atoms with Crippen LogP contribution in [0.25, 0.3) is 0 Å². The molecule has 0 radical (unpaired) electrons. The van der Waals surface area contributed by atoms with Crippen LogP contribution >= 0.6 is 11.6 Å². The molecule has 2 aromatic carbocycles. The smallest absolute Gasteiger partial charge is 0.238 e. The van der Waals surface area contributed by atoms with Gasteiger partial charge in [0.25, 0.3) is 0 Å². The van der Waals surface area contributed by atoms with Gasteiger partial charge in [-0.15, -0.1) is 0 Å². The number of carbonyl (C=O) groups excluding carboxylic acids is 1. The maximum atomic E-state index is 12.6. The molecule has 0 atom stereocenters. The molecule has 1 N–H and O–H groups in total. The Kier molecular flexibility index (Phi) is 7.23. The summed E-state index contributed by atoms with van der Waals surface area (Å²) in [4.78, 5) is 14.7. The van der Waals surface area contributed by atoms with E-state index >= 15 is 0 Å². The van der Waals surface area contributed by atoms with E-state index in [1.54, 1.807) is 25.3 Å². The van der Waals surface area contributed by atoms with Crippen molar-refractivity contribution in [3.8, 4) is 17.2 Å². The van der Waals surface area contributed by atoms with Gasteiger partial charge in [-0.3, -0.25) is 9.69 Å².